The second kappa shape index (κ2) is 7.07. The van der Waals surface area contributed by atoms with Crippen molar-refractivity contribution in [1.82, 2.24) is 4.90 Å². The van der Waals surface area contributed by atoms with E-state index in [1.165, 1.54) is 10.4 Å². The van der Waals surface area contributed by atoms with Gasteiger partial charge in [0.2, 0.25) is 0 Å². The average Bonchev–Trinajstić information content (AvgIpc) is 2.90. The van der Waals surface area contributed by atoms with E-state index in [1.807, 2.05) is 6.07 Å². The summed E-state index contributed by atoms with van der Waals surface area (Å²) in [6.45, 7) is 5.27. The minimum Gasteiger partial charge on any atom is -0.481 e. The molecule has 1 N–H and O–H groups in total. The molecule has 1 aliphatic heterocycles. The predicted octanol–water partition coefficient (Wildman–Crippen LogP) is 3.20. The zero-order valence-electron chi connectivity index (χ0n) is 12.7. The van der Waals surface area contributed by atoms with Gasteiger partial charge in [-0.25, -0.2) is 0 Å². The van der Waals surface area contributed by atoms with E-state index < -0.39 is 11.9 Å². The summed E-state index contributed by atoms with van der Waals surface area (Å²) >= 11 is 1.58. The van der Waals surface area contributed by atoms with Crippen LogP contribution >= 0.6 is 11.3 Å². The molecular weight excluding hydrogens is 286 g/mol. The summed E-state index contributed by atoms with van der Waals surface area (Å²) in [6.07, 6.45) is 4.48. The summed E-state index contributed by atoms with van der Waals surface area (Å²) in [7, 11) is 0. The molecule has 1 saturated heterocycles. The first-order valence-electron chi connectivity index (χ1n) is 7.70. The lowest BCUT2D eigenvalue weighted by molar-refractivity contribution is -0.143. The van der Waals surface area contributed by atoms with E-state index in [-0.39, 0.29) is 5.91 Å². The highest BCUT2D eigenvalue weighted by Crippen LogP contribution is 2.27. The number of nitrogens with zero attached hydrogens (tertiary/aromatic N) is 1. The molecule has 2 rings (SSSR count). The number of piperidine rings is 1. The van der Waals surface area contributed by atoms with Gasteiger partial charge in [0.25, 0.3) is 5.91 Å². The van der Waals surface area contributed by atoms with Crippen molar-refractivity contribution in [2.75, 3.05) is 13.1 Å². The largest absolute Gasteiger partial charge is 0.481 e. The number of carboxylic acid groups (broad SMARTS) is 1. The first-order valence-corrected chi connectivity index (χ1v) is 8.52. The number of amides is 1. The number of carbonyl (C=O) groups is 2. The van der Waals surface area contributed by atoms with Crippen molar-refractivity contribution < 1.29 is 14.7 Å². The van der Waals surface area contributed by atoms with Gasteiger partial charge in [0.15, 0.2) is 0 Å². The standard InChI is InChI=1S/C16H23NO3S/c1-3-6-13-11(4-2)9-14(21-13)15(18)17-8-5-7-12(10-17)16(19)20/h9,12H,3-8,10H2,1-2H3,(H,19,20)/t12-/m0/s1. The summed E-state index contributed by atoms with van der Waals surface area (Å²) in [5, 5.41) is 9.13. The van der Waals surface area contributed by atoms with Crippen LogP contribution in [0.1, 0.15) is 53.2 Å². The van der Waals surface area contributed by atoms with Gasteiger partial charge in [0.05, 0.1) is 10.8 Å². The second-order valence-electron chi connectivity index (χ2n) is 5.59. The van der Waals surface area contributed by atoms with Crippen LogP contribution in [0.15, 0.2) is 6.07 Å². The Bertz CT molecular complexity index is 524. The maximum absolute atomic E-state index is 12.6. The van der Waals surface area contributed by atoms with Crippen LogP contribution < -0.4 is 0 Å². The van der Waals surface area contributed by atoms with Crippen molar-refractivity contribution >= 4 is 23.2 Å². The first kappa shape index (κ1) is 16.0. The van der Waals surface area contributed by atoms with Gasteiger partial charge in [-0.15, -0.1) is 11.3 Å². The van der Waals surface area contributed by atoms with E-state index in [2.05, 4.69) is 13.8 Å². The molecule has 2 heterocycles. The maximum atomic E-state index is 12.6. The van der Waals surface area contributed by atoms with E-state index in [0.29, 0.717) is 19.5 Å². The van der Waals surface area contributed by atoms with Gasteiger partial charge in [-0.1, -0.05) is 20.3 Å². The minimum absolute atomic E-state index is 0.00278. The van der Waals surface area contributed by atoms with Crippen molar-refractivity contribution in [3.63, 3.8) is 0 Å². The van der Waals surface area contributed by atoms with Crippen LogP contribution in [0, 0.1) is 5.92 Å². The van der Waals surface area contributed by atoms with Crippen molar-refractivity contribution in [3.05, 3.63) is 21.4 Å². The third kappa shape index (κ3) is 3.64. The van der Waals surface area contributed by atoms with Crippen molar-refractivity contribution in [2.45, 2.75) is 46.0 Å². The highest BCUT2D eigenvalue weighted by atomic mass is 32.1. The monoisotopic (exact) mass is 309 g/mol. The lowest BCUT2D eigenvalue weighted by atomic mass is 9.98. The van der Waals surface area contributed by atoms with Crippen LogP contribution in [-0.2, 0) is 17.6 Å². The Labute approximate surface area is 129 Å². The fraction of sp³-hybridized carbons (Fsp3) is 0.625. The van der Waals surface area contributed by atoms with E-state index in [9.17, 15) is 9.59 Å². The number of likely N-dealkylation sites (tertiary alicyclic amines) is 1. The molecule has 0 radical (unpaired) electrons. The topological polar surface area (TPSA) is 57.6 Å². The summed E-state index contributed by atoms with van der Waals surface area (Å²) in [5.74, 6) is -1.20. The highest BCUT2D eigenvalue weighted by molar-refractivity contribution is 7.14. The second-order valence-corrected chi connectivity index (χ2v) is 6.73. The zero-order chi connectivity index (χ0) is 15.4. The zero-order valence-corrected chi connectivity index (χ0v) is 13.5. The predicted molar refractivity (Wildman–Crippen MR) is 84.0 cm³/mol. The summed E-state index contributed by atoms with van der Waals surface area (Å²) in [5.41, 5.74) is 1.26. The smallest absolute Gasteiger partial charge is 0.308 e. The Balaban J connectivity index is 2.13. The molecule has 0 saturated carbocycles. The van der Waals surface area contributed by atoms with Crippen LogP contribution in [-0.4, -0.2) is 35.0 Å². The molecule has 0 unspecified atom stereocenters. The molecule has 1 atom stereocenters. The number of aliphatic carboxylic acids is 1. The Morgan fingerprint density at radius 1 is 1.43 bits per heavy atom. The third-order valence-corrected chi connectivity index (χ3v) is 5.25. The minimum atomic E-state index is -0.792. The SMILES string of the molecule is CCCc1sc(C(=O)N2CCC[C@H](C(=O)O)C2)cc1CC. The number of carbonyl (C=O) groups excluding carboxylic acids is 1. The summed E-state index contributed by atoms with van der Waals surface area (Å²) < 4.78 is 0. The first-order chi connectivity index (χ1) is 10.1. The normalized spacial score (nSPS) is 18.8. The molecule has 5 heteroatoms. The van der Waals surface area contributed by atoms with E-state index in [4.69, 9.17) is 5.11 Å². The Morgan fingerprint density at radius 2 is 2.19 bits per heavy atom. The van der Waals surface area contributed by atoms with E-state index in [1.54, 1.807) is 16.2 Å². The molecule has 116 valence electrons. The van der Waals surface area contributed by atoms with Crippen LogP contribution in [0.25, 0.3) is 0 Å². The molecule has 0 aromatic carbocycles. The van der Waals surface area contributed by atoms with Crippen molar-refractivity contribution in [3.8, 4) is 0 Å². The van der Waals surface area contributed by atoms with Crippen molar-refractivity contribution in [2.24, 2.45) is 5.92 Å². The van der Waals surface area contributed by atoms with Gasteiger partial charge in [-0.05, 0) is 37.3 Å². The van der Waals surface area contributed by atoms with Gasteiger partial charge in [-0.2, -0.15) is 0 Å². The summed E-state index contributed by atoms with van der Waals surface area (Å²) in [6, 6.07) is 2.00. The van der Waals surface area contributed by atoms with Crippen LogP contribution in [0.4, 0.5) is 0 Å². The molecule has 4 nitrogen and oxygen atoms in total. The molecule has 0 bridgehead atoms. The Hall–Kier alpha value is -1.36. The Morgan fingerprint density at radius 3 is 2.81 bits per heavy atom. The number of hydrogen-bond donors (Lipinski definition) is 1. The molecular formula is C16H23NO3S. The van der Waals surface area contributed by atoms with Gasteiger partial charge < -0.3 is 10.0 Å². The maximum Gasteiger partial charge on any atom is 0.308 e. The summed E-state index contributed by atoms with van der Waals surface area (Å²) in [4.78, 5) is 27.5. The highest BCUT2D eigenvalue weighted by Gasteiger charge is 2.29. The third-order valence-electron chi connectivity index (χ3n) is 4.02. The lowest BCUT2D eigenvalue weighted by Crippen LogP contribution is -2.42. The number of hydrogen-bond acceptors (Lipinski definition) is 3. The number of aryl methyl sites for hydroxylation is 2. The van der Waals surface area contributed by atoms with E-state index >= 15 is 0 Å². The fourth-order valence-corrected chi connectivity index (χ4v) is 4.15. The molecule has 1 aromatic heterocycles. The molecule has 0 spiro atoms. The molecule has 1 aliphatic rings. The molecule has 0 aliphatic carbocycles. The van der Waals surface area contributed by atoms with E-state index in [0.717, 1.165) is 30.6 Å². The van der Waals surface area contributed by atoms with Crippen LogP contribution in [0.3, 0.4) is 0 Å². The average molecular weight is 309 g/mol. The van der Waals surface area contributed by atoms with Gasteiger partial charge in [0.1, 0.15) is 0 Å². The van der Waals surface area contributed by atoms with Crippen molar-refractivity contribution in [1.29, 1.82) is 0 Å². The van der Waals surface area contributed by atoms with Gasteiger partial charge in [-0.3, -0.25) is 9.59 Å². The molecule has 1 amide bonds. The molecule has 1 fully saturated rings. The van der Waals surface area contributed by atoms with Crippen LogP contribution in [0.5, 0.6) is 0 Å². The molecule has 1 aromatic rings. The number of carboxylic acids is 1. The molecule has 21 heavy (non-hydrogen) atoms. The van der Waals surface area contributed by atoms with Crippen LogP contribution in [0.2, 0.25) is 0 Å². The lowest BCUT2D eigenvalue weighted by Gasteiger charge is -2.30. The number of rotatable bonds is 5. The fourth-order valence-electron chi connectivity index (χ4n) is 2.83. The number of thiophene rings is 1. The van der Waals surface area contributed by atoms with Gasteiger partial charge in [0, 0.05) is 18.0 Å². The van der Waals surface area contributed by atoms with Gasteiger partial charge >= 0.3 is 5.97 Å². The Kier molecular flexibility index (Phi) is 5.39. The quantitative estimate of drug-likeness (QED) is 0.908.